The third kappa shape index (κ3) is 6.65. The van der Waals surface area contributed by atoms with Gasteiger partial charge in [0.1, 0.15) is 18.0 Å². The van der Waals surface area contributed by atoms with Crippen molar-refractivity contribution in [2.24, 2.45) is 5.92 Å². The largest absolute Gasteiger partial charge is 0.497 e. The highest BCUT2D eigenvalue weighted by Crippen LogP contribution is 2.33. The van der Waals surface area contributed by atoms with Crippen LogP contribution in [-0.4, -0.2) is 85.3 Å². The number of anilines is 1. The van der Waals surface area contributed by atoms with Gasteiger partial charge >= 0.3 is 0 Å². The first-order valence-corrected chi connectivity index (χ1v) is 14.0. The number of aromatic nitrogens is 2. The summed E-state index contributed by atoms with van der Waals surface area (Å²) in [5.74, 6) is 2.45. The van der Waals surface area contributed by atoms with Gasteiger partial charge in [-0.15, -0.1) is 10.2 Å². The smallest absolute Gasteiger partial charge is 0.254 e. The lowest BCUT2D eigenvalue weighted by Crippen LogP contribution is -2.45. The summed E-state index contributed by atoms with van der Waals surface area (Å²) in [6, 6.07) is 16.3. The van der Waals surface area contributed by atoms with E-state index in [0.29, 0.717) is 59.9 Å². The molecule has 10 heteroatoms. The molecule has 0 spiro atoms. The molecular weight excluding hydrogens is 530 g/mol. The van der Waals surface area contributed by atoms with Crippen molar-refractivity contribution < 1.29 is 19.1 Å². The van der Waals surface area contributed by atoms with Crippen LogP contribution >= 0.6 is 11.6 Å². The van der Waals surface area contributed by atoms with Crippen LogP contribution in [-0.2, 0) is 4.79 Å². The predicted octanol–water partition coefficient (Wildman–Crippen LogP) is 4.41. The van der Waals surface area contributed by atoms with E-state index in [-0.39, 0.29) is 18.4 Å². The molecule has 40 heavy (non-hydrogen) atoms. The van der Waals surface area contributed by atoms with Gasteiger partial charge in [0.15, 0.2) is 5.82 Å². The Hall–Kier alpha value is -3.85. The second kappa shape index (κ2) is 12.6. The molecule has 5 rings (SSSR count). The van der Waals surface area contributed by atoms with E-state index in [1.54, 1.807) is 43.4 Å². The standard InChI is InChI=1S/C30H34ClN5O4/c1-39-24-10-11-25(27(18-24)40-2)26-12-13-28(33-32-26)34-14-3-15-35(17-16-34)29(37)20-36(19-21-4-5-21)30(38)22-6-8-23(31)9-7-22/h6-13,18,21H,3-5,14-17,19-20H2,1-2H3. The summed E-state index contributed by atoms with van der Waals surface area (Å²) >= 11 is 6.00. The molecule has 1 aliphatic heterocycles. The van der Waals surface area contributed by atoms with Crippen molar-refractivity contribution in [3.05, 3.63) is 65.2 Å². The summed E-state index contributed by atoms with van der Waals surface area (Å²) in [4.78, 5) is 32.3. The first-order valence-electron chi connectivity index (χ1n) is 13.6. The third-order valence-electron chi connectivity index (χ3n) is 7.39. The predicted molar refractivity (Wildman–Crippen MR) is 154 cm³/mol. The van der Waals surface area contributed by atoms with Gasteiger partial charge in [0.2, 0.25) is 5.91 Å². The van der Waals surface area contributed by atoms with E-state index < -0.39 is 0 Å². The zero-order chi connectivity index (χ0) is 28.1. The summed E-state index contributed by atoms with van der Waals surface area (Å²) in [6.45, 7) is 3.28. The Balaban J connectivity index is 1.21. The molecular formula is C30H34ClN5O4. The lowest BCUT2D eigenvalue weighted by molar-refractivity contribution is -0.131. The Kier molecular flexibility index (Phi) is 8.69. The molecule has 2 amide bonds. The Morgan fingerprint density at radius 1 is 0.950 bits per heavy atom. The van der Waals surface area contributed by atoms with Gasteiger partial charge in [-0.2, -0.15) is 0 Å². The second-order valence-electron chi connectivity index (χ2n) is 10.2. The van der Waals surface area contributed by atoms with Crippen molar-refractivity contribution in [1.29, 1.82) is 0 Å². The van der Waals surface area contributed by atoms with Crippen LogP contribution in [0.4, 0.5) is 5.82 Å². The molecule has 1 aromatic heterocycles. The number of halogens is 1. The number of amides is 2. The Morgan fingerprint density at radius 2 is 1.75 bits per heavy atom. The second-order valence-corrected chi connectivity index (χ2v) is 10.6. The molecule has 3 aromatic rings. The number of carbonyl (C=O) groups excluding carboxylic acids is 2. The molecule has 0 N–H and O–H groups in total. The van der Waals surface area contributed by atoms with Gasteiger partial charge in [-0.3, -0.25) is 9.59 Å². The molecule has 0 bridgehead atoms. The fraction of sp³-hybridized carbons (Fsp3) is 0.400. The highest BCUT2D eigenvalue weighted by molar-refractivity contribution is 6.30. The lowest BCUT2D eigenvalue weighted by Gasteiger charge is -2.27. The van der Waals surface area contributed by atoms with E-state index in [1.807, 2.05) is 35.2 Å². The molecule has 0 radical (unpaired) electrons. The highest BCUT2D eigenvalue weighted by atomic mass is 35.5. The zero-order valence-corrected chi connectivity index (χ0v) is 23.6. The summed E-state index contributed by atoms with van der Waals surface area (Å²) < 4.78 is 10.8. The van der Waals surface area contributed by atoms with Crippen LogP contribution in [0.2, 0.25) is 5.02 Å². The lowest BCUT2D eigenvalue weighted by atomic mass is 10.1. The summed E-state index contributed by atoms with van der Waals surface area (Å²) in [6.07, 6.45) is 3.00. The fourth-order valence-electron chi connectivity index (χ4n) is 4.91. The number of benzene rings is 2. The summed E-state index contributed by atoms with van der Waals surface area (Å²) in [5.41, 5.74) is 2.09. The number of hydrogen-bond donors (Lipinski definition) is 0. The number of ether oxygens (including phenoxy) is 2. The normalized spacial score (nSPS) is 15.4. The monoisotopic (exact) mass is 563 g/mol. The van der Waals surface area contributed by atoms with Crippen molar-refractivity contribution in [3.63, 3.8) is 0 Å². The van der Waals surface area contributed by atoms with E-state index in [2.05, 4.69) is 15.1 Å². The van der Waals surface area contributed by atoms with E-state index in [9.17, 15) is 9.59 Å². The first-order chi connectivity index (χ1) is 19.4. The van der Waals surface area contributed by atoms with Crippen LogP contribution in [0.25, 0.3) is 11.3 Å². The van der Waals surface area contributed by atoms with Crippen LogP contribution in [0.5, 0.6) is 11.5 Å². The quantitative estimate of drug-likeness (QED) is 0.381. The number of carbonyl (C=O) groups is 2. The summed E-state index contributed by atoms with van der Waals surface area (Å²) in [5, 5.41) is 9.52. The van der Waals surface area contributed by atoms with Crippen molar-refractivity contribution in [2.45, 2.75) is 19.3 Å². The topological polar surface area (TPSA) is 88.1 Å². The average Bonchev–Trinajstić information content (AvgIpc) is 3.83. The molecule has 2 fully saturated rings. The van der Waals surface area contributed by atoms with Crippen LogP contribution in [0.15, 0.2) is 54.6 Å². The molecule has 1 aliphatic carbocycles. The maximum atomic E-state index is 13.3. The number of hydrogen-bond acceptors (Lipinski definition) is 7. The minimum atomic E-state index is -0.128. The average molecular weight is 564 g/mol. The first kappa shape index (κ1) is 27.7. The van der Waals surface area contributed by atoms with Crippen molar-refractivity contribution in [3.8, 4) is 22.8 Å². The van der Waals surface area contributed by atoms with Crippen molar-refractivity contribution >= 4 is 29.2 Å². The minimum Gasteiger partial charge on any atom is -0.497 e. The van der Waals surface area contributed by atoms with E-state index >= 15 is 0 Å². The SMILES string of the molecule is COc1ccc(-c2ccc(N3CCCN(C(=O)CN(CC4CC4)C(=O)c4ccc(Cl)cc4)CC3)nn2)c(OC)c1. The van der Waals surface area contributed by atoms with Gasteiger partial charge in [0.05, 0.1) is 19.9 Å². The number of methoxy groups -OCH3 is 2. The zero-order valence-electron chi connectivity index (χ0n) is 22.9. The molecule has 210 valence electrons. The van der Waals surface area contributed by atoms with Crippen molar-refractivity contribution in [1.82, 2.24) is 20.0 Å². The van der Waals surface area contributed by atoms with E-state index in [0.717, 1.165) is 37.2 Å². The molecule has 2 aliphatic rings. The maximum Gasteiger partial charge on any atom is 0.254 e. The van der Waals surface area contributed by atoms with Gasteiger partial charge in [0.25, 0.3) is 5.91 Å². The maximum absolute atomic E-state index is 13.3. The minimum absolute atomic E-state index is 0.0298. The van der Waals surface area contributed by atoms with Gasteiger partial charge in [-0.1, -0.05) is 11.6 Å². The number of rotatable bonds is 9. The van der Waals surface area contributed by atoms with Crippen molar-refractivity contribution in [2.75, 3.05) is 58.4 Å². The van der Waals surface area contributed by atoms with Gasteiger partial charge in [-0.05, 0) is 73.7 Å². The Labute approximate surface area is 239 Å². The number of nitrogens with zero attached hydrogens (tertiary/aromatic N) is 5. The van der Waals surface area contributed by atoms with Crippen LogP contribution < -0.4 is 14.4 Å². The van der Waals surface area contributed by atoms with Crippen LogP contribution in [0.1, 0.15) is 29.6 Å². The molecule has 1 saturated carbocycles. The van der Waals surface area contributed by atoms with E-state index in [4.69, 9.17) is 21.1 Å². The van der Waals surface area contributed by atoms with Gasteiger partial charge < -0.3 is 24.2 Å². The summed E-state index contributed by atoms with van der Waals surface area (Å²) in [7, 11) is 3.23. The van der Waals surface area contributed by atoms with Crippen LogP contribution in [0.3, 0.4) is 0 Å². The molecule has 2 aromatic carbocycles. The molecule has 2 heterocycles. The van der Waals surface area contributed by atoms with Gasteiger partial charge in [-0.25, -0.2) is 0 Å². The highest BCUT2D eigenvalue weighted by Gasteiger charge is 2.30. The van der Waals surface area contributed by atoms with Crippen LogP contribution in [0, 0.1) is 5.92 Å². The van der Waals surface area contributed by atoms with E-state index in [1.165, 1.54) is 0 Å². The van der Waals surface area contributed by atoms with Gasteiger partial charge in [0, 0.05) is 54.9 Å². The Morgan fingerprint density at radius 3 is 2.42 bits per heavy atom. The molecule has 0 unspecified atom stereocenters. The fourth-order valence-corrected chi connectivity index (χ4v) is 5.04. The molecule has 9 nitrogen and oxygen atoms in total. The Bertz CT molecular complexity index is 1330. The third-order valence-corrected chi connectivity index (χ3v) is 7.64. The molecule has 1 saturated heterocycles. The molecule has 0 atom stereocenters.